The van der Waals surface area contributed by atoms with E-state index in [2.05, 4.69) is 0 Å². The Balaban J connectivity index is 1.48. The number of amides is 1. The molecule has 6 heteroatoms. The summed E-state index contributed by atoms with van der Waals surface area (Å²) in [6.07, 6.45) is 0. The molecule has 1 saturated heterocycles. The number of carbonyl (C=O) groups excluding carboxylic acids is 2. The normalized spacial score (nSPS) is 14.2. The molecule has 0 saturated carbocycles. The monoisotopic (exact) mass is 356 g/mol. The van der Waals surface area contributed by atoms with Gasteiger partial charge in [-0.05, 0) is 31.2 Å². The molecule has 0 spiro atoms. The third kappa shape index (κ3) is 4.20. The number of ether oxygens (including phenoxy) is 1. The van der Waals surface area contributed by atoms with Crippen LogP contribution in [0.15, 0.2) is 48.5 Å². The summed E-state index contributed by atoms with van der Waals surface area (Å²) < 4.78 is 19.0. The van der Waals surface area contributed by atoms with Crippen molar-refractivity contribution in [3.63, 3.8) is 0 Å². The fourth-order valence-electron chi connectivity index (χ4n) is 2.90. The van der Waals surface area contributed by atoms with E-state index < -0.39 is 5.97 Å². The first-order valence-electron chi connectivity index (χ1n) is 8.55. The summed E-state index contributed by atoms with van der Waals surface area (Å²) in [4.78, 5) is 27.8. The van der Waals surface area contributed by atoms with Crippen molar-refractivity contribution in [1.82, 2.24) is 4.90 Å². The van der Waals surface area contributed by atoms with E-state index in [4.69, 9.17) is 4.74 Å². The van der Waals surface area contributed by atoms with Gasteiger partial charge in [0, 0.05) is 26.2 Å². The molecule has 2 aromatic rings. The second-order valence-electron chi connectivity index (χ2n) is 6.26. The van der Waals surface area contributed by atoms with Crippen molar-refractivity contribution in [1.29, 1.82) is 0 Å². The largest absolute Gasteiger partial charge is 0.452 e. The number of hydrogen-bond acceptors (Lipinski definition) is 4. The molecular formula is C20H21FN2O3. The van der Waals surface area contributed by atoms with Gasteiger partial charge < -0.3 is 14.5 Å². The number of para-hydroxylation sites is 1. The number of piperazine rings is 1. The fraction of sp³-hybridized carbons (Fsp3) is 0.300. The Morgan fingerprint density at radius 3 is 2.31 bits per heavy atom. The van der Waals surface area contributed by atoms with Crippen LogP contribution < -0.4 is 4.90 Å². The molecule has 3 rings (SSSR count). The Kier molecular flexibility index (Phi) is 5.51. The first-order chi connectivity index (χ1) is 12.5. The van der Waals surface area contributed by atoms with E-state index in [1.54, 1.807) is 35.2 Å². The molecule has 1 heterocycles. The van der Waals surface area contributed by atoms with Gasteiger partial charge >= 0.3 is 5.97 Å². The zero-order chi connectivity index (χ0) is 18.5. The van der Waals surface area contributed by atoms with Gasteiger partial charge in [0.2, 0.25) is 0 Å². The van der Waals surface area contributed by atoms with Crippen LogP contribution in [-0.2, 0) is 9.53 Å². The summed E-state index contributed by atoms with van der Waals surface area (Å²) >= 11 is 0. The van der Waals surface area contributed by atoms with E-state index in [0.29, 0.717) is 37.4 Å². The van der Waals surface area contributed by atoms with E-state index in [0.717, 1.165) is 5.56 Å². The topological polar surface area (TPSA) is 49.9 Å². The Labute approximate surface area is 152 Å². The highest BCUT2D eigenvalue weighted by molar-refractivity contribution is 5.91. The zero-order valence-electron chi connectivity index (χ0n) is 14.7. The first kappa shape index (κ1) is 17.9. The molecule has 1 amide bonds. The maximum Gasteiger partial charge on any atom is 0.338 e. The second kappa shape index (κ2) is 7.99. The highest BCUT2D eigenvalue weighted by atomic mass is 19.1. The highest BCUT2D eigenvalue weighted by Crippen LogP contribution is 2.20. The lowest BCUT2D eigenvalue weighted by Crippen LogP contribution is -2.50. The van der Waals surface area contributed by atoms with Gasteiger partial charge in [0.1, 0.15) is 5.82 Å². The summed E-state index contributed by atoms with van der Waals surface area (Å²) in [6.45, 7) is 3.66. The minimum Gasteiger partial charge on any atom is -0.452 e. The fourth-order valence-corrected chi connectivity index (χ4v) is 2.90. The Morgan fingerprint density at radius 1 is 1.00 bits per heavy atom. The highest BCUT2D eigenvalue weighted by Gasteiger charge is 2.23. The molecule has 5 nitrogen and oxygen atoms in total. The number of halogens is 1. The van der Waals surface area contributed by atoms with Crippen LogP contribution in [0.2, 0.25) is 0 Å². The molecule has 136 valence electrons. The minimum absolute atomic E-state index is 0.237. The molecule has 0 aromatic heterocycles. The molecule has 1 fully saturated rings. The smallest absolute Gasteiger partial charge is 0.338 e. The van der Waals surface area contributed by atoms with Crippen molar-refractivity contribution in [2.45, 2.75) is 6.92 Å². The van der Waals surface area contributed by atoms with Gasteiger partial charge in [0.15, 0.2) is 6.61 Å². The third-order valence-electron chi connectivity index (χ3n) is 4.44. The number of aryl methyl sites for hydroxylation is 1. The van der Waals surface area contributed by atoms with Gasteiger partial charge in [0.05, 0.1) is 11.3 Å². The summed E-state index contributed by atoms with van der Waals surface area (Å²) in [5.41, 5.74) is 2.02. The van der Waals surface area contributed by atoms with E-state index in [-0.39, 0.29) is 18.3 Å². The lowest BCUT2D eigenvalue weighted by Gasteiger charge is -2.36. The lowest BCUT2D eigenvalue weighted by atomic mass is 10.1. The Hall–Kier alpha value is -2.89. The quantitative estimate of drug-likeness (QED) is 0.791. The van der Waals surface area contributed by atoms with Gasteiger partial charge in [-0.3, -0.25) is 4.79 Å². The molecule has 0 bridgehead atoms. The molecule has 1 aliphatic rings. The maximum atomic E-state index is 13.8. The predicted octanol–water partition coefficient (Wildman–Crippen LogP) is 2.64. The van der Waals surface area contributed by atoms with Gasteiger partial charge in [-0.2, -0.15) is 0 Å². The zero-order valence-corrected chi connectivity index (χ0v) is 14.7. The molecular weight excluding hydrogens is 335 g/mol. The van der Waals surface area contributed by atoms with Crippen LogP contribution in [0.25, 0.3) is 0 Å². The van der Waals surface area contributed by atoms with Crippen LogP contribution in [0.4, 0.5) is 10.1 Å². The van der Waals surface area contributed by atoms with E-state index in [9.17, 15) is 14.0 Å². The summed E-state index contributed by atoms with van der Waals surface area (Å²) in [5.74, 6) is -1.01. The van der Waals surface area contributed by atoms with Gasteiger partial charge in [-0.15, -0.1) is 0 Å². The molecule has 2 aromatic carbocycles. The standard InChI is InChI=1S/C20H21FN2O3/c1-15-6-8-16(9-7-15)20(25)26-14-19(24)23-12-10-22(11-13-23)18-5-3-2-4-17(18)21/h2-9H,10-14H2,1H3. The predicted molar refractivity (Wildman–Crippen MR) is 96.7 cm³/mol. The second-order valence-corrected chi connectivity index (χ2v) is 6.26. The van der Waals surface area contributed by atoms with E-state index in [1.165, 1.54) is 6.07 Å². The van der Waals surface area contributed by atoms with Crippen molar-refractivity contribution in [3.05, 3.63) is 65.5 Å². The van der Waals surface area contributed by atoms with E-state index >= 15 is 0 Å². The number of rotatable bonds is 4. The van der Waals surface area contributed by atoms with Crippen molar-refractivity contribution in [2.75, 3.05) is 37.7 Å². The van der Waals surface area contributed by atoms with Gasteiger partial charge in [0.25, 0.3) is 5.91 Å². The summed E-state index contributed by atoms with van der Waals surface area (Å²) in [5, 5.41) is 0. The number of esters is 1. The molecule has 1 aliphatic heterocycles. The molecule has 0 aliphatic carbocycles. The van der Waals surface area contributed by atoms with Crippen LogP contribution in [0.5, 0.6) is 0 Å². The van der Waals surface area contributed by atoms with Crippen LogP contribution in [0.1, 0.15) is 15.9 Å². The van der Waals surface area contributed by atoms with Crippen LogP contribution in [0, 0.1) is 12.7 Å². The molecule has 0 N–H and O–H groups in total. The number of benzene rings is 2. The number of anilines is 1. The van der Waals surface area contributed by atoms with Gasteiger partial charge in [-0.1, -0.05) is 29.8 Å². The Bertz CT molecular complexity index is 784. The maximum absolute atomic E-state index is 13.8. The van der Waals surface area contributed by atoms with Crippen molar-refractivity contribution >= 4 is 17.6 Å². The number of nitrogens with zero attached hydrogens (tertiary/aromatic N) is 2. The first-order valence-corrected chi connectivity index (χ1v) is 8.55. The number of hydrogen-bond donors (Lipinski definition) is 0. The SMILES string of the molecule is Cc1ccc(C(=O)OCC(=O)N2CCN(c3ccccc3F)CC2)cc1. The van der Waals surface area contributed by atoms with Crippen LogP contribution in [-0.4, -0.2) is 49.6 Å². The van der Waals surface area contributed by atoms with Crippen molar-refractivity contribution in [3.8, 4) is 0 Å². The lowest BCUT2D eigenvalue weighted by molar-refractivity contribution is -0.134. The average Bonchev–Trinajstić information content (AvgIpc) is 2.67. The van der Waals surface area contributed by atoms with Gasteiger partial charge in [-0.25, -0.2) is 9.18 Å². The minimum atomic E-state index is -0.511. The van der Waals surface area contributed by atoms with Crippen molar-refractivity contribution in [2.24, 2.45) is 0 Å². The number of carbonyl (C=O) groups is 2. The average molecular weight is 356 g/mol. The molecule has 26 heavy (non-hydrogen) atoms. The van der Waals surface area contributed by atoms with E-state index in [1.807, 2.05) is 24.0 Å². The summed E-state index contributed by atoms with van der Waals surface area (Å²) in [7, 11) is 0. The van der Waals surface area contributed by atoms with Crippen LogP contribution >= 0.6 is 0 Å². The molecule has 0 radical (unpaired) electrons. The summed E-state index contributed by atoms with van der Waals surface area (Å²) in [6, 6.07) is 13.6. The van der Waals surface area contributed by atoms with Crippen LogP contribution in [0.3, 0.4) is 0 Å². The third-order valence-corrected chi connectivity index (χ3v) is 4.44. The Morgan fingerprint density at radius 2 is 1.65 bits per heavy atom. The molecule has 0 unspecified atom stereocenters. The van der Waals surface area contributed by atoms with Crippen molar-refractivity contribution < 1.29 is 18.7 Å². The molecule has 0 atom stereocenters.